The number of hydrogen-bond donors (Lipinski definition) is 0. The predicted octanol–water partition coefficient (Wildman–Crippen LogP) is 4.76. The smallest absolute Gasteiger partial charge is 0.162 e. The van der Waals surface area contributed by atoms with Crippen LogP contribution in [0.2, 0.25) is 0 Å². The molecule has 0 N–H and O–H groups in total. The normalized spacial score (nSPS) is 20.7. The lowest BCUT2D eigenvalue weighted by atomic mass is 9.86. The first-order valence-corrected chi connectivity index (χ1v) is 7.86. The highest BCUT2D eigenvalue weighted by Gasteiger charge is 2.33. The summed E-state index contributed by atoms with van der Waals surface area (Å²) < 4.78 is 12.1. The van der Waals surface area contributed by atoms with Gasteiger partial charge in [0, 0.05) is 6.42 Å². The highest BCUT2D eigenvalue weighted by molar-refractivity contribution is 5.41. The van der Waals surface area contributed by atoms with Gasteiger partial charge in [-0.3, -0.25) is 0 Å². The third kappa shape index (κ3) is 3.11. The molecule has 0 saturated carbocycles. The zero-order valence-electron chi connectivity index (χ0n) is 13.8. The van der Waals surface area contributed by atoms with E-state index >= 15 is 0 Å². The lowest BCUT2D eigenvalue weighted by Gasteiger charge is -2.35. The van der Waals surface area contributed by atoms with Crippen molar-refractivity contribution in [3.63, 3.8) is 0 Å². The quantitative estimate of drug-likeness (QED) is 0.795. The summed E-state index contributed by atoms with van der Waals surface area (Å²) in [5.74, 6) is 1.67. The van der Waals surface area contributed by atoms with Gasteiger partial charge in [0.15, 0.2) is 11.5 Å². The van der Waals surface area contributed by atoms with Gasteiger partial charge >= 0.3 is 0 Å². The number of para-hydroxylation sites is 2. The molecule has 22 heavy (non-hydrogen) atoms. The Morgan fingerprint density at radius 2 is 1.59 bits per heavy atom. The van der Waals surface area contributed by atoms with Crippen molar-refractivity contribution in [1.29, 1.82) is 0 Å². The highest BCUT2D eigenvalue weighted by Crippen LogP contribution is 2.36. The van der Waals surface area contributed by atoms with Crippen molar-refractivity contribution in [3.05, 3.63) is 59.7 Å². The Labute approximate surface area is 133 Å². The van der Waals surface area contributed by atoms with Gasteiger partial charge in [-0.2, -0.15) is 0 Å². The average Bonchev–Trinajstić information content (AvgIpc) is 2.46. The predicted molar refractivity (Wildman–Crippen MR) is 89.8 cm³/mol. The zero-order valence-corrected chi connectivity index (χ0v) is 13.8. The molecule has 2 aromatic rings. The monoisotopic (exact) mass is 296 g/mol. The standard InChI is InChI=1S/C20H24O2/c1-19(2,3)16-11-9-15(10-12-16)13-20(4)14-21-17-7-5-6-8-18(17)22-20/h5-12H,13-14H2,1-4H3/t20-/m0/s1. The molecule has 1 aliphatic rings. The van der Waals surface area contributed by atoms with E-state index in [1.807, 2.05) is 24.3 Å². The van der Waals surface area contributed by atoms with Crippen LogP contribution in [0.3, 0.4) is 0 Å². The second kappa shape index (κ2) is 5.35. The van der Waals surface area contributed by atoms with Crippen LogP contribution in [0.15, 0.2) is 48.5 Å². The van der Waals surface area contributed by atoms with Gasteiger partial charge in [-0.1, -0.05) is 57.2 Å². The van der Waals surface area contributed by atoms with E-state index in [9.17, 15) is 0 Å². The molecule has 0 saturated heterocycles. The lowest BCUT2D eigenvalue weighted by molar-refractivity contribution is 0.00658. The van der Waals surface area contributed by atoms with E-state index in [0.717, 1.165) is 17.9 Å². The van der Waals surface area contributed by atoms with Gasteiger partial charge in [0.05, 0.1) is 0 Å². The molecule has 1 aliphatic heterocycles. The molecular formula is C20H24O2. The summed E-state index contributed by atoms with van der Waals surface area (Å²) in [6.45, 7) is 9.39. The minimum atomic E-state index is -0.322. The summed E-state index contributed by atoms with van der Waals surface area (Å²) in [6.07, 6.45) is 0.839. The maximum atomic E-state index is 6.20. The van der Waals surface area contributed by atoms with Crippen LogP contribution in [0.1, 0.15) is 38.8 Å². The zero-order chi connectivity index (χ0) is 15.8. The molecular weight excluding hydrogens is 272 g/mol. The summed E-state index contributed by atoms with van der Waals surface area (Å²) in [6, 6.07) is 16.7. The molecule has 1 atom stereocenters. The second-order valence-electron chi connectivity index (χ2n) is 7.41. The Hall–Kier alpha value is -1.96. The fourth-order valence-electron chi connectivity index (χ4n) is 2.82. The van der Waals surface area contributed by atoms with Gasteiger partial charge in [-0.25, -0.2) is 0 Å². The number of hydrogen-bond acceptors (Lipinski definition) is 2. The van der Waals surface area contributed by atoms with E-state index in [2.05, 4.69) is 52.0 Å². The molecule has 0 spiro atoms. The Bertz CT molecular complexity index is 652. The minimum Gasteiger partial charge on any atom is -0.486 e. The van der Waals surface area contributed by atoms with Crippen molar-refractivity contribution >= 4 is 0 Å². The second-order valence-corrected chi connectivity index (χ2v) is 7.41. The minimum absolute atomic E-state index is 0.186. The molecule has 2 heteroatoms. The molecule has 0 unspecified atom stereocenters. The van der Waals surface area contributed by atoms with E-state index in [0.29, 0.717) is 6.61 Å². The van der Waals surface area contributed by atoms with Gasteiger partial charge in [0.2, 0.25) is 0 Å². The molecule has 0 fully saturated rings. The third-order valence-corrected chi connectivity index (χ3v) is 4.14. The molecule has 0 bridgehead atoms. The van der Waals surface area contributed by atoms with Crippen LogP contribution in [0.25, 0.3) is 0 Å². The summed E-state index contributed by atoms with van der Waals surface area (Å²) in [7, 11) is 0. The van der Waals surface area contributed by atoms with Crippen molar-refractivity contribution in [2.24, 2.45) is 0 Å². The molecule has 0 aromatic heterocycles. The van der Waals surface area contributed by atoms with Crippen LogP contribution >= 0.6 is 0 Å². The van der Waals surface area contributed by atoms with Gasteiger partial charge < -0.3 is 9.47 Å². The van der Waals surface area contributed by atoms with Gasteiger partial charge in [0.25, 0.3) is 0 Å². The van der Waals surface area contributed by atoms with Crippen LogP contribution in [0.5, 0.6) is 11.5 Å². The first-order chi connectivity index (χ1) is 10.4. The molecule has 0 radical (unpaired) electrons. The maximum absolute atomic E-state index is 6.20. The van der Waals surface area contributed by atoms with Crippen LogP contribution in [0, 0.1) is 0 Å². The fourth-order valence-corrected chi connectivity index (χ4v) is 2.82. The molecule has 1 heterocycles. The molecule has 0 aliphatic carbocycles. The molecule has 0 amide bonds. The van der Waals surface area contributed by atoms with Crippen molar-refractivity contribution in [2.45, 2.75) is 45.1 Å². The largest absolute Gasteiger partial charge is 0.486 e. The third-order valence-electron chi connectivity index (χ3n) is 4.14. The molecule has 2 aromatic carbocycles. The van der Waals surface area contributed by atoms with Crippen LogP contribution < -0.4 is 9.47 Å². The summed E-state index contributed by atoms with van der Waals surface area (Å²) in [5.41, 5.74) is 2.50. The summed E-state index contributed by atoms with van der Waals surface area (Å²) in [5, 5.41) is 0. The molecule has 2 nitrogen and oxygen atoms in total. The van der Waals surface area contributed by atoms with Gasteiger partial charge in [0.1, 0.15) is 12.2 Å². The van der Waals surface area contributed by atoms with Gasteiger partial charge in [-0.05, 0) is 35.6 Å². The highest BCUT2D eigenvalue weighted by atomic mass is 16.6. The fraction of sp³-hybridized carbons (Fsp3) is 0.400. The van der Waals surface area contributed by atoms with E-state index in [1.54, 1.807) is 0 Å². The SMILES string of the molecule is CC(C)(C)c1ccc(C[C@@]2(C)COc3ccccc3O2)cc1. The Morgan fingerprint density at radius 1 is 0.955 bits per heavy atom. The topological polar surface area (TPSA) is 18.5 Å². The lowest BCUT2D eigenvalue weighted by Crippen LogP contribution is -2.44. The first-order valence-electron chi connectivity index (χ1n) is 7.86. The molecule has 116 valence electrons. The van der Waals surface area contributed by atoms with Crippen molar-refractivity contribution in [2.75, 3.05) is 6.61 Å². The first kappa shape index (κ1) is 15.0. The van der Waals surface area contributed by atoms with E-state index in [1.165, 1.54) is 11.1 Å². The van der Waals surface area contributed by atoms with Crippen LogP contribution in [-0.4, -0.2) is 12.2 Å². The Balaban J connectivity index is 1.76. The van der Waals surface area contributed by atoms with E-state index < -0.39 is 0 Å². The number of ether oxygens (including phenoxy) is 2. The summed E-state index contributed by atoms with van der Waals surface area (Å²) >= 11 is 0. The Morgan fingerprint density at radius 3 is 2.23 bits per heavy atom. The number of fused-ring (bicyclic) bond motifs is 1. The Kier molecular flexibility index (Phi) is 3.64. The number of benzene rings is 2. The maximum Gasteiger partial charge on any atom is 0.162 e. The van der Waals surface area contributed by atoms with Gasteiger partial charge in [-0.15, -0.1) is 0 Å². The van der Waals surface area contributed by atoms with Crippen molar-refractivity contribution in [1.82, 2.24) is 0 Å². The van der Waals surface area contributed by atoms with E-state index in [4.69, 9.17) is 9.47 Å². The van der Waals surface area contributed by atoms with Crippen LogP contribution in [-0.2, 0) is 11.8 Å². The number of rotatable bonds is 2. The molecule has 3 rings (SSSR count). The van der Waals surface area contributed by atoms with Crippen LogP contribution in [0.4, 0.5) is 0 Å². The van der Waals surface area contributed by atoms with Crippen molar-refractivity contribution < 1.29 is 9.47 Å². The summed E-state index contributed by atoms with van der Waals surface area (Å²) in [4.78, 5) is 0. The average molecular weight is 296 g/mol. The van der Waals surface area contributed by atoms with Crippen molar-refractivity contribution in [3.8, 4) is 11.5 Å². The van der Waals surface area contributed by atoms with E-state index in [-0.39, 0.29) is 11.0 Å².